The lowest BCUT2D eigenvalue weighted by Crippen LogP contribution is -2.09. The Hall–Kier alpha value is -3.87. The lowest BCUT2D eigenvalue weighted by molar-refractivity contribution is -0.105. The van der Waals surface area contributed by atoms with Crippen molar-refractivity contribution in [2.24, 2.45) is 4.99 Å². The molecular weight excluding hydrogens is 565 g/mol. The number of anilines is 1. The maximum absolute atomic E-state index is 10.2. The molecule has 1 atom stereocenters. The van der Waals surface area contributed by atoms with Crippen LogP contribution in [0.4, 0.5) is 11.5 Å². The molecule has 0 aliphatic heterocycles. The smallest absolute Gasteiger partial charge is 0.211 e. The average Bonchev–Trinajstić information content (AvgIpc) is 3.31. The van der Waals surface area contributed by atoms with Crippen molar-refractivity contribution in [2.45, 2.75) is 37.5 Å². The van der Waals surface area contributed by atoms with Crippen LogP contribution in [0.15, 0.2) is 48.0 Å². The van der Waals surface area contributed by atoms with Crippen LogP contribution < -0.4 is 5.32 Å². The zero-order valence-electron chi connectivity index (χ0n) is 20.6. The number of carbonyl (C=O) groups excluding carboxylic acids is 1. The number of amides is 1. The molecule has 2 aliphatic carbocycles. The van der Waals surface area contributed by atoms with E-state index in [1.807, 2.05) is 16.8 Å². The van der Waals surface area contributed by atoms with Crippen LogP contribution >= 0.6 is 34.8 Å². The summed E-state index contributed by atoms with van der Waals surface area (Å²) < 4.78 is 1.97. The largest absolute Gasteiger partial charge is 0.327 e. The highest BCUT2D eigenvalue weighted by Gasteiger charge is 2.53. The molecule has 2 aliphatic rings. The number of hydrogen-bond acceptors (Lipinski definition) is 8. The van der Waals surface area contributed by atoms with Crippen molar-refractivity contribution in [3.8, 4) is 5.82 Å². The van der Waals surface area contributed by atoms with Gasteiger partial charge in [-0.1, -0.05) is 41.7 Å². The molecule has 2 N–H and O–H groups in total. The van der Waals surface area contributed by atoms with E-state index < -0.39 is 0 Å². The van der Waals surface area contributed by atoms with Gasteiger partial charge in [0, 0.05) is 23.7 Å². The van der Waals surface area contributed by atoms with Crippen LogP contribution in [0.5, 0.6) is 0 Å². The Morgan fingerprint density at radius 3 is 2.51 bits per heavy atom. The van der Waals surface area contributed by atoms with E-state index in [2.05, 4.69) is 59.4 Å². The fourth-order valence-electron chi connectivity index (χ4n) is 4.61. The van der Waals surface area contributed by atoms with Crippen LogP contribution in [0.3, 0.4) is 0 Å². The van der Waals surface area contributed by atoms with Gasteiger partial charge in [-0.3, -0.25) is 9.89 Å². The van der Waals surface area contributed by atoms with Gasteiger partial charge in [0.2, 0.25) is 6.41 Å². The van der Waals surface area contributed by atoms with Crippen molar-refractivity contribution in [1.82, 2.24) is 44.8 Å². The number of H-pyrrole nitrogens is 1. The Morgan fingerprint density at radius 1 is 1.15 bits per heavy atom. The van der Waals surface area contributed by atoms with Crippen molar-refractivity contribution in [1.29, 1.82) is 0 Å². The number of nitrogens with zero attached hydrogens (tertiary/aromatic N) is 9. The van der Waals surface area contributed by atoms with Crippen LogP contribution in [0.2, 0.25) is 15.3 Å². The second-order valence-corrected chi connectivity index (χ2v) is 10.2. The average molecular weight is 587 g/mol. The summed E-state index contributed by atoms with van der Waals surface area (Å²) in [7, 11) is 0. The van der Waals surface area contributed by atoms with E-state index in [1.54, 1.807) is 12.1 Å². The lowest BCUT2D eigenvalue weighted by atomic mass is 10.0. The fourth-order valence-corrected chi connectivity index (χ4v) is 5.17. The SMILES string of the molecule is C=Nc1cc(Cl)[nH]n1.CC1CC2(CC2)c2c1cnc1cc(Cl)nn21.O=CNc1cnc(-n2nccn2)c(Cl)c1. The van der Waals surface area contributed by atoms with E-state index >= 15 is 0 Å². The highest BCUT2D eigenvalue weighted by Crippen LogP contribution is 2.60. The van der Waals surface area contributed by atoms with Gasteiger partial charge in [-0.05, 0) is 43.5 Å². The first-order chi connectivity index (χ1) is 18.8. The van der Waals surface area contributed by atoms with Crippen LogP contribution in [0, 0.1) is 0 Å². The number of fused-ring (bicyclic) bond motifs is 4. The molecule has 1 saturated carbocycles. The molecule has 200 valence electrons. The molecule has 0 bridgehead atoms. The molecule has 1 spiro atoms. The third kappa shape index (κ3) is 5.63. The van der Waals surface area contributed by atoms with Crippen molar-refractivity contribution in [2.75, 3.05) is 5.32 Å². The Balaban J connectivity index is 0.000000125. The Bertz CT molecular complexity index is 1630. The summed E-state index contributed by atoms with van der Waals surface area (Å²) in [4.78, 5) is 23.5. The first-order valence-electron chi connectivity index (χ1n) is 11.8. The van der Waals surface area contributed by atoms with Crippen molar-refractivity contribution in [3.05, 3.63) is 69.6 Å². The quantitative estimate of drug-likeness (QED) is 0.217. The van der Waals surface area contributed by atoms with Crippen molar-refractivity contribution in [3.63, 3.8) is 0 Å². The first kappa shape index (κ1) is 26.7. The van der Waals surface area contributed by atoms with E-state index in [0.717, 1.165) is 5.65 Å². The zero-order valence-corrected chi connectivity index (χ0v) is 22.9. The summed E-state index contributed by atoms with van der Waals surface area (Å²) in [5.41, 5.74) is 4.53. The lowest BCUT2D eigenvalue weighted by Gasteiger charge is -2.09. The minimum atomic E-state index is 0.359. The third-order valence-electron chi connectivity index (χ3n) is 6.42. The monoisotopic (exact) mass is 585 g/mol. The zero-order chi connectivity index (χ0) is 27.6. The molecule has 1 fully saturated rings. The minimum absolute atomic E-state index is 0.359. The van der Waals surface area contributed by atoms with Gasteiger partial charge in [0.1, 0.15) is 5.15 Å². The summed E-state index contributed by atoms with van der Waals surface area (Å²) in [6.45, 7) is 5.54. The highest BCUT2D eigenvalue weighted by molar-refractivity contribution is 6.32. The van der Waals surface area contributed by atoms with Crippen LogP contribution in [0.1, 0.15) is 43.4 Å². The topological polar surface area (TPSA) is 144 Å². The Kier molecular flexibility index (Phi) is 7.60. The van der Waals surface area contributed by atoms with Gasteiger partial charge in [-0.25, -0.2) is 19.5 Å². The van der Waals surface area contributed by atoms with Gasteiger partial charge in [-0.2, -0.15) is 20.4 Å². The van der Waals surface area contributed by atoms with Crippen molar-refractivity contribution < 1.29 is 4.79 Å². The fraction of sp³-hybridized carbons (Fsp3) is 0.250. The van der Waals surface area contributed by atoms with E-state index in [1.165, 1.54) is 53.9 Å². The standard InChI is InChI=1S/C12H12ClN3.C8H6ClN5O.C4H4ClN3/c1-7-5-12(2-3-12)11-8(7)6-14-10-4-9(13)15-16(10)11;9-7-3-6(11-5-15)4-10-8(7)14-12-1-2-13-14;1-6-4-2-3(5)7-8-4/h4,6-7H,2-3,5H2,1H3;1-5H,(H,11,15);2H,1H2,(H,7,8). The number of pyridine rings is 1. The molecule has 5 heterocycles. The molecule has 1 amide bonds. The molecule has 0 aromatic carbocycles. The predicted molar refractivity (Wildman–Crippen MR) is 149 cm³/mol. The van der Waals surface area contributed by atoms with Crippen LogP contribution in [-0.2, 0) is 10.2 Å². The number of hydrogen-bond donors (Lipinski definition) is 2. The van der Waals surface area contributed by atoms with E-state index in [0.29, 0.717) is 50.4 Å². The third-order valence-corrected chi connectivity index (χ3v) is 7.07. The molecule has 0 saturated heterocycles. The number of carbonyl (C=O) groups is 1. The van der Waals surface area contributed by atoms with Gasteiger partial charge < -0.3 is 5.32 Å². The maximum Gasteiger partial charge on any atom is 0.211 e. The molecule has 12 nitrogen and oxygen atoms in total. The van der Waals surface area contributed by atoms with Gasteiger partial charge in [0.05, 0.1) is 35.0 Å². The van der Waals surface area contributed by atoms with Crippen LogP contribution in [0.25, 0.3) is 11.5 Å². The minimum Gasteiger partial charge on any atom is -0.327 e. The van der Waals surface area contributed by atoms with E-state index in [9.17, 15) is 4.79 Å². The summed E-state index contributed by atoms with van der Waals surface area (Å²) in [5.74, 6) is 1.55. The normalized spacial score (nSPS) is 16.1. The molecule has 5 aromatic heterocycles. The molecule has 0 radical (unpaired) electrons. The predicted octanol–water partition coefficient (Wildman–Crippen LogP) is 5.20. The number of rotatable bonds is 4. The van der Waals surface area contributed by atoms with E-state index in [-0.39, 0.29) is 0 Å². The summed E-state index contributed by atoms with van der Waals surface area (Å²) in [6.07, 6.45) is 10.9. The number of nitrogens with one attached hydrogen (secondary N) is 2. The molecule has 1 unspecified atom stereocenters. The second-order valence-electron chi connectivity index (χ2n) is 9.03. The van der Waals surface area contributed by atoms with Gasteiger partial charge >= 0.3 is 0 Å². The molecule has 7 rings (SSSR count). The molecule has 39 heavy (non-hydrogen) atoms. The summed E-state index contributed by atoms with van der Waals surface area (Å²) >= 11 is 17.3. The molecule has 15 heteroatoms. The number of halogens is 3. The van der Waals surface area contributed by atoms with Gasteiger partial charge in [-0.15, -0.1) is 4.80 Å². The second kappa shape index (κ2) is 11.1. The maximum atomic E-state index is 10.2. The Labute approximate surface area is 237 Å². The molecular formula is C24H22Cl3N11O. The number of aromatic amines is 1. The number of aromatic nitrogens is 9. The highest BCUT2D eigenvalue weighted by atomic mass is 35.5. The Morgan fingerprint density at radius 2 is 1.92 bits per heavy atom. The summed E-state index contributed by atoms with van der Waals surface area (Å²) in [5, 5.41) is 22.1. The van der Waals surface area contributed by atoms with Crippen molar-refractivity contribution >= 4 is 65.1 Å². The first-order valence-corrected chi connectivity index (χ1v) is 12.9. The van der Waals surface area contributed by atoms with Crippen LogP contribution in [-0.4, -0.2) is 57.9 Å². The van der Waals surface area contributed by atoms with E-state index in [4.69, 9.17) is 34.8 Å². The van der Waals surface area contributed by atoms with Gasteiger partial charge in [0.25, 0.3) is 0 Å². The summed E-state index contributed by atoms with van der Waals surface area (Å²) in [6, 6.07) is 5.00. The molecule has 5 aromatic rings. The van der Waals surface area contributed by atoms with Gasteiger partial charge in [0.15, 0.2) is 22.4 Å². The number of aliphatic imine (C=N–C) groups is 1.